The van der Waals surface area contributed by atoms with Crippen molar-refractivity contribution < 1.29 is 9.59 Å². The second-order valence-corrected chi connectivity index (χ2v) is 2.49. The first-order valence-electron chi connectivity index (χ1n) is 3.88. The molecule has 0 spiro atoms. The van der Waals surface area contributed by atoms with E-state index in [9.17, 15) is 9.59 Å². The first-order chi connectivity index (χ1) is 5.56. The van der Waals surface area contributed by atoms with Crippen molar-refractivity contribution >= 4 is 11.8 Å². The van der Waals surface area contributed by atoms with Gasteiger partial charge in [-0.05, 0) is 6.42 Å². The molecule has 2 amide bonds. The van der Waals surface area contributed by atoms with Gasteiger partial charge in [0, 0.05) is 20.4 Å². The minimum Gasteiger partial charge on any atom is -0.274 e. The van der Waals surface area contributed by atoms with Crippen LogP contribution in [0.5, 0.6) is 0 Å². The number of nitrogens with zero attached hydrogens (tertiary/aromatic N) is 1. The van der Waals surface area contributed by atoms with Gasteiger partial charge in [-0.25, -0.2) is 0 Å². The van der Waals surface area contributed by atoms with E-state index in [1.165, 1.54) is 19.0 Å². The Labute approximate surface area is 72.1 Å². The molecule has 0 fully saturated rings. The minimum absolute atomic E-state index is 0.197. The first-order valence-corrected chi connectivity index (χ1v) is 3.88. The molecule has 12 heavy (non-hydrogen) atoms. The van der Waals surface area contributed by atoms with Crippen LogP contribution in [0.4, 0.5) is 0 Å². The smallest absolute Gasteiger partial charge is 0.232 e. The Morgan fingerprint density at radius 3 is 1.83 bits per heavy atom. The van der Waals surface area contributed by atoms with Crippen molar-refractivity contribution in [2.24, 2.45) is 0 Å². The molecule has 0 aromatic heterocycles. The monoisotopic (exact) mass is 173 g/mol. The zero-order valence-electron chi connectivity index (χ0n) is 7.68. The molecule has 0 unspecified atom stereocenters. The van der Waals surface area contributed by atoms with Crippen molar-refractivity contribution in [1.29, 1.82) is 0 Å². The van der Waals surface area contributed by atoms with Crippen LogP contribution in [0.15, 0.2) is 0 Å². The summed E-state index contributed by atoms with van der Waals surface area (Å²) < 4.78 is 0. The van der Waals surface area contributed by atoms with E-state index in [0.29, 0.717) is 6.54 Å². The predicted molar refractivity (Wildman–Crippen MR) is 44.6 cm³/mol. The molecule has 0 radical (unpaired) electrons. The van der Waals surface area contributed by atoms with Gasteiger partial charge in [0.1, 0.15) is 0 Å². The summed E-state index contributed by atoms with van der Waals surface area (Å²) in [5, 5.41) is 1.38. The number of carbonyl (C=O) groups excluding carboxylic acids is 2. The summed E-state index contributed by atoms with van der Waals surface area (Å²) in [4.78, 5) is 21.2. The molecular formula is C7H15N3O2. The highest BCUT2D eigenvalue weighted by Crippen LogP contribution is 1.81. The van der Waals surface area contributed by atoms with E-state index >= 15 is 0 Å². The normalized spacial score (nSPS) is 9.67. The van der Waals surface area contributed by atoms with Crippen molar-refractivity contribution in [3.63, 3.8) is 0 Å². The molecule has 0 heterocycles. The van der Waals surface area contributed by atoms with Crippen LogP contribution in [0, 0.1) is 0 Å². The maximum absolute atomic E-state index is 10.6. The largest absolute Gasteiger partial charge is 0.274 e. The van der Waals surface area contributed by atoms with Crippen molar-refractivity contribution in [3.05, 3.63) is 0 Å². The van der Waals surface area contributed by atoms with Crippen molar-refractivity contribution in [1.82, 2.24) is 16.0 Å². The quantitative estimate of drug-likeness (QED) is 0.579. The minimum atomic E-state index is -0.197. The maximum atomic E-state index is 10.6. The van der Waals surface area contributed by atoms with Gasteiger partial charge in [0.15, 0.2) is 0 Å². The van der Waals surface area contributed by atoms with Crippen LogP contribution >= 0.6 is 0 Å². The first kappa shape index (κ1) is 10.9. The zero-order chi connectivity index (χ0) is 9.56. The van der Waals surface area contributed by atoms with Gasteiger partial charge >= 0.3 is 0 Å². The van der Waals surface area contributed by atoms with Crippen molar-refractivity contribution in [2.45, 2.75) is 27.2 Å². The molecule has 0 atom stereocenters. The topological polar surface area (TPSA) is 61.4 Å². The van der Waals surface area contributed by atoms with E-state index in [1.54, 1.807) is 0 Å². The van der Waals surface area contributed by atoms with Crippen LogP contribution in [0.2, 0.25) is 0 Å². The fourth-order valence-electron chi connectivity index (χ4n) is 0.743. The Bertz CT molecular complexity index is 154. The number of nitrogens with one attached hydrogen (secondary N) is 2. The molecular weight excluding hydrogens is 158 g/mol. The molecule has 5 nitrogen and oxygen atoms in total. The van der Waals surface area contributed by atoms with Crippen LogP contribution < -0.4 is 10.9 Å². The lowest BCUT2D eigenvalue weighted by molar-refractivity contribution is -0.131. The SMILES string of the molecule is CCCN(NC(C)=O)NC(C)=O. The molecule has 0 aliphatic rings. The van der Waals surface area contributed by atoms with Gasteiger partial charge in [0.25, 0.3) is 0 Å². The fraction of sp³-hybridized carbons (Fsp3) is 0.714. The van der Waals surface area contributed by atoms with Crippen molar-refractivity contribution in [3.8, 4) is 0 Å². The molecule has 5 heteroatoms. The van der Waals surface area contributed by atoms with Crippen LogP contribution in [0.3, 0.4) is 0 Å². The van der Waals surface area contributed by atoms with Gasteiger partial charge in [-0.15, -0.1) is 5.12 Å². The molecule has 0 aromatic rings. The third-order valence-corrected chi connectivity index (χ3v) is 1.03. The average molecular weight is 173 g/mol. The Morgan fingerprint density at radius 2 is 1.58 bits per heavy atom. The number of hydrogen-bond donors (Lipinski definition) is 2. The standard InChI is InChI=1S/C7H15N3O2/c1-4-5-10(8-6(2)11)9-7(3)12/h4-5H2,1-3H3,(H,8,11)(H,9,12). The number of rotatable bonds is 4. The summed E-state index contributed by atoms with van der Waals surface area (Å²) >= 11 is 0. The van der Waals surface area contributed by atoms with Crippen LogP contribution in [0.25, 0.3) is 0 Å². The number of carbonyl (C=O) groups is 2. The van der Waals surface area contributed by atoms with Gasteiger partial charge in [-0.1, -0.05) is 6.92 Å². The van der Waals surface area contributed by atoms with Gasteiger partial charge in [0.2, 0.25) is 11.8 Å². The van der Waals surface area contributed by atoms with E-state index in [4.69, 9.17) is 0 Å². The summed E-state index contributed by atoms with van der Waals surface area (Å²) in [7, 11) is 0. The second-order valence-electron chi connectivity index (χ2n) is 2.49. The third-order valence-electron chi connectivity index (χ3n) is 1.03. The summed E-state index contributed by atoms with van der Waals surface area (Å²) in [6, 6.07) is 0. The third kappa shape index (κ3) is 5.67. The Hall–Kier alpha value is -1.10. The van der Waals surface area contributed by atoms with Gasteiger partial charge in [-0.3, -0.25) is 20.4 Å². The summed E-state index contributed by atoms with van der Waals surface area (Å²) in [6.07, 6.45) is 0.848. The zero-order valence-corrected chi connectivity index (χ0v) is 7.68. The van der Waals surface area contributed by atoms with E-state index in [0.717, 1.165) is 6.42 Å². The molecule has 0 saturated heterocycles. The number of hydrazine groups is 2. The van der Waals surface area contributed by atoms with E-state index in [2.05, 4.69) is 10.9 Å². The summed E-state index contributed by atoms with van der Waals surface area (Å²) in [5.41, 5.74) is 4.95. The highest BCUT2D eigenvalue weighted by atomic mass is 16.2. The Morgan fingerprint density at radius 1 is 1.17 bits per heavy atom. The lowest BCUT2D eigenvalue weighted by atomic mass is 10.5. The van der Waals surface area contributed by atoms with E-state index < -0.39 is 0 Å². The number of hydrogen-bond acceptors (Lipinski definition) is 3. The summed E-state index contributed by atoms with van der Waals surface area (Å²) in [6.45, 7) is 5.34. The Kier molecular flexibility index (Phi) is 5.03. The molecule has 0 bridgehead atoms. The fourth-order valence-corrected chi connectivity index (χ4v) is 0.743. The number of amides is 2. The predicted octanol–water partition coefficient (Wildman–Crippen LogP) is -0.199. The van der Waals surface area contributed by atoms with Gasteiger partial charge in [0.05, 0.1) is 0 Å². The molecule has 0 rings (SSSR count). The van der Waals surface area contributed by atoms with Crippen LogP contribution in [0.1, 0.15) is 27.2 Å². The van der Waals surface area contributed by atoms with Gasteiger partial charge < -0.3 is 0 Å². The Balaban J connectivity index is 3.85. The van der Waals surface area contributed by atoms with Gasteiger partial charge in [-0.2, -0.15) is 0 Å². The molecule has 2 N–H and O–H groups in total. The molecule has 0 aliphatic carbocycles. The summed E-state index contributed by atoms with van der Waals surface area (Å²) in [5.74, 6) is -0.394. The second kappa shape index (κ2) is 5.54. The van der Waals surface area contributed by atoms with Crippen LogP contribution in [-0.4, -0.2) is 23.5 Å². The molecule has 0 aliphatic heterocycles. The van der Waals surface area contributed by atoms with Crippen molar-refractivity contribution in [2.75, 3.05) is 6.54 Å². The molecule has 0 saturated carbocycles. The van der Waals surface area contributed by atoms with E-state index in [1.807, 2.05) is 6.92 Å². The lowest BCUT2D eigenvalue weighted by Gasteiger charge is -2.21. The van der Waals surface area contributed by atoms with E-state index in [-0.39, 0.29) is 11.8 Å². The lowest BCUT2D eigenvalue weighted by Crippen LogP contribution is -2.52. The van der Waals surface area contributed by atoms with Crippen LogP contribution in [-0.2, 0) is 9.59 Å². The molecule has 0 aromatic carbocycles. The maximum Gasteiger partial charge on any atom is 0.232 e. The highest BCUT2D eigenvalue weighted by molar-refractivity contribution is 5.74. The highest BCUT2D eigenvalue weighted by Gasteiger charge is 2.04. The average Bonchev–Trinajstić information content (AvgIpc) is 1.84. The molecule has 70 valence electrons.